The van der Waals surface area contributed by atoms with Crippen LogP contribution in [0.2, 0.25) is 0 Å². The Hall–Kier alpha value is -1.51. The molecule has 3 heteroatoms. The molecule has 0 bridgehead atoms. The molecule has 0 saturated heterocycles. The van der Waals surface area contributed by atoms with E-state index in [-0.39, 0.29) is 0 Å². The van der Waals surface area contributed by atoms with Crippen LogP contribution < -0.4 is 0 Å². The summed E-state index contributed by atoms with van der Waals surface area (Å²) in [6.07, 6.45) is 14.0. The monoisotopic (exact) mass is 261 g/mol. The summed E-state index contributed by atoms with van der Waals surface area (Å²) in [6.45, 7) is 2.94. The molecule has 19 heavy (non-hydrogen) atoms. The number of hydrogen-bond acceptors (Lipinski definition) is 3. The van der Waals surface area contributed by atoms with Gasteiger partial charge in [0.1, 0.15) is 12.4 Å². The molecule has 0 radical (unpaired) electrons. The van der Waals surface area contributed by atoms with Crippen molar-refractivity contribution in [1.29, 1.82) is 0 Å². The van der Waals surface area contributed by atoms with Gasteiger partial charge in [-0.2, -0.15) is 0 Å². The number of nitrogens with zero attached hydrogens (tertiary/aromatic N) is 1. The van der Waals surface area contributed by atoms with Gasteiger partial charge in [0.05, 0.1) is 6.04 Å². The molecule has 0 fully saturated rings. The van der Waals surface area contributed by atoms with E-state index >= 15 is 0 Å². The second kappa shape index (κ2) is 7.17. The summed E-state index contributed by atoms with van der Waals surface area (Å²) in [5.41, 5.74) is 1.14. The van der Waals surface area contributed by atoms with Crippen molar-refractivity contribution < 1.29 is 9.84 Å². The van der Waals surface area contributed by atoms with Crippen molar-refractivity contribution in [3.63, 3.8) is 0 Å². The Morgan fingerprint density at radius 3 is 3.16 bits per heavy atom. The highest BCUT2D eigenvalue weighted by molar-refractivity contribution is 5.94. The Morgan fingerprint density at radius 2 is 2.32 bits per heavy atom. The van der Waals surface area contributed by atoms with Gasteiger partial charge in [-0.25, -0.2) is 4.99 Å². The number of allylic oxidation sites excluding steroid dienone is 4. The Labute approximate surface area is 115 Å². The van der Waals surface area contributed by atoms with Gasteiger partial charge in [0.2, 0.25) is 5.90 Å². The minimum Gasteiger partial charge on any atom is -0.508 e. The maximum Gasteiger partial charge on any atom is 0.212 e. The molecule has 1 N–H and O–H groups in total. The lowest BCUT2D eigenvalue weighted by molar-refractivity contribution is 0.308. The molecule has 104 valence electrons. The third kappa shape index (κ3) is 4.27. The number of aliphatic hydroxyl groups excluding tert-OH is 1. The summed E-state index contributed by atoms with van der Waals surface area (Å²) >= 11 is 0. The van der Waals surface area contributed by atoms with Gasteiger partial charge in [-0.1, -0.05) is 38.3 Å². The highest BCUT2D eigenvalue weighted by Gasteiger charge is 2.20. The molecular weight excluding hydrogens is 238 g/mol. The van der Waals surface area contributed by atoms with Crippen LogP contribution in [0.1, 0.15) is 45.4 Å². The van der Waals surface area contributed by atoms with Crippen LogP contribution in [0.15, 0.2) is 40.6 Å². The fraction of sp³-hybridized carbons (Fsp3) is 0.562. The van der Waals surface area contributed by atoms with Crippen molar-refractivity contribution in [2.75, 3.05) is 6.61 Å². The maximum absolute atomic E-state index is 9.41. The average molecular weight is 261 g/mol. The first kappa shape index (κ1) is 13.9. The largest absolute Gasteiger partial charge is 0.508 e. The normalized spacial score (nSPS) is 30.2. The summed E-state index contributed by atoms with van der Waals surface area (Å²) in [6, 6.07) is 0.334. The number of unbranched alkanes of at least 4 members (excludes halogenated alkanes) is 2. The first-order valence-electron chi connectivity index (χ1n) is 7.27. The summed E-state index contributed by atoms with van der Waals surface area (Å²) in [4.78, 5) is 4.68. The number of ether oxygens (including phenoxy) is 1. The number of hydrogen-bond donors (Lipinski definition) is 1. The van der Waals surface area contributed by atoms with Crippen molar-refractivity contribution in [2.24, 2.45) is 4.99 Å². The van der Waals surface area contributed by atoms with Crippen LogP contribution in [0.3, 0.4) is 0 Å². The molecule has 0 amide bonds. The topological polar surface area (TPSA) is 41.8 Å². The van der Waals surface area contributed by atoms with Gasteiger partial charge in [-0.05, 0) is 31.4 Å². The molecule has 0 saturated carbocycles. The molecule has 1 unspecified atom stereocenters. The second-order valence-electron chi connectivity index (χ2n) is 5.11. The average Bonchev–Trinajstić information content (AvgIpc) is 2.83. The smallest absolute Gasteiger partial charge is 0.212 e. The molecule has 3 nitrogen and oxygen atoms in total. The lowest BCUT2D eigenvalue weighted by atomic mass is 10.1. The molecule has 1 atom stereocenters. The molecule has 0 aromatic carbocycles. The SMILES string of the molecule is CCCCCC1COC(/C2=C/C=C\C(O)=C/CC2)=N1. The standard InChI is InChI=1S/C16H23NO2/c1-2-3-4-9-14-12-19-16(17-14)13-7-5-10-15(18)11-6-8-13/h5,7,10-11,14,18H,2-4,6,8-9,12H2,1H3/b10-5-,13-7+,15-11+. The van der Waals surface area contributed by atoms with E-state index < -0.39 is 0 Å². The molecule has 2 aliphatic rings. The first-order chi connectivity index (χ1) is 9.29. The summed E-state index contributed by atoms with van der Waals surface area (Å²) in [5, 5.41) is 9.41. The van der Waals surface area contributed by atoms with E-state index in [9.17, 15) is 5.11 Å². The van der Waals surface area contributed by atoms with Crippen LogP contribution in [-0.4, -0.2) is 23.7 Å². The minimum absolute atomic E-state index is 0.334. The van der Waals surface area contributed by atoms with Gasteiger partial charge in [-0.15, -0.1) is 0 Å². The minimum atomic E-state index is 0.334. The van der Waals surface area contributed by atoms with Gasteiger partial charge in [-0.3, -0.25) is 0 Å². The number of aliphatic hydroxyl groups is 1. The third-order valence-electron chi connectivity index (χ3n) is 3.46. The van der Waals surface area contributed by atoms with E-state index in [0.29, 0.717) is 11.8 Å². The lowest BCUT2D eigenvalue weighted by Crippen LogP contribution is -2.06. The summed E-state index contributed by atoms with van der Waals surface area (Å²) < 4.78 is 5.72. The zero-order chi connectivity index (χ0) is 13.5. The Kier molecular flexibility index (Phi) is 5.25. The second-order valence-corrected chi connectivity index (χ2v) is 5.11. The van der Waals surface area contributed by atoms with Crippen LogP contribution in [0.25, 0.3) is 0 Å². The molecule has 1 aliphatic carbocycles. The quantitative estimate of drug-likeness (QED) is 0.758. The van der Waals surface area contributed by atoms with Gasteiger partial charge in [0.15, 0.2) is 0 Å². The molecule has 1 heterocycles. The van der Waals surface area contributed by atoms with E-state index in [1.807, 2.05) is 18.2 Å². The summed E-state index contributed by atoms with van der Waals surface area (Å²) in [5.74, 6) is 1.14. The fourth-order valence-corrected chi connectivity index (χ4v) is 2.34. The van der Waals surface area contributed by atoms with E-state index in [0.717, 1.165) is 37.3 Å². The summed E-state index contributed by atoms with van der Waals surface area (Å²) in [7, 11) is 0. The van der Waals surface area contributed by atoms with Crippen molar-refractivity contribution in [2.45, 2.75) is 51.5 Å². The highest BCUT2D eigenvalue weighted by atomic mass is 16.5. The van der Waals surface area contributed by atoms with Crippen LogP contribution in [0.4, 0.5) is 0 Å². The number of rotatable bonds is 5. The van der Waals surface area contributed by atoms with E-state index in [4.69, 9.17) is 4.74 Å². The zero-order valence-electron chi connectivity index (χ0n) is 11.6. The Bertz CT molecular complexity index is 418. The maximum atomic E-state index is 9.41. The molecule has 1 aliphatic heterocycles. The predicted octanol–water partition coefficient (Wildman–Crippen LogP) is 4.08. The fourth-order valence-electron chi connectivity index (χ4n) is 2.34. The predicted molar refractivity (Wildman–Crippen MR) is 78.5 cm³/mol. The first-order valence-corrected chi connectivity index (χ1v) is 7.27. The van der Waals surface area contributed by atoms with E-state index in [1.165, 1.54) is 19.3 Å². The highest BCUT2D eigenvalue weighted by Crippen LogP contribution is 2.20. The van der Waals surface area contributed by atoms with Crippen LogP contribution in [0, 0.1) is 0 Å². The van der Waals surface area contributed by atoms with Crippen molar-refractivity contribution in [3.8, 4) is 0 Å². The van der Waals surface area contributed by atoms with Crippen LogP contribution in [-0.2, 0) is 4.74 Å². The Morgan fingerprint density at radius 1 is 1.42 bits per heavy atom. The van der Waals surface area contributed by atoms with E-state index in [2.05, 4.69) is 11.9 Å². The zero-order valence-corrected chi connectivity index (χ0v) is 11.6. The van der Waals surface area contributed by atoms with E-state index in [1.54, 1.807) is 6.08 Å². The van der Waals surface area contributed by atoms with Gasteiger partial charge in [0.25, 0.3) is 0 Å². The molecule has 0 spiro atoms. The van der Waals surface area contributed by atoms with Gasteiger partial charge >= 0.3 is 0 Å². The van der Waals surface area contributed by atoms with Gasteiger partial charge in [0, 0.05) is 5.57 Å². The van der Waals surface area contributed by atoms with Crippen molar-refractivity contribution in [3.05, 3.63) is 35.6 Å². The lowest BCUT2D eigenvalue weighted by Gasteiger charge is -2.06. The molecular formula is C16H23NO2. The van der Waals surface area contributed by atoms with Crippen molar-refractivity contribution in [1.82, 2.24) is 0 Å². The molecule has 0 aromatic rings. The van der Waals surface area contributed by atoms with Crippen molar-refractivity contribution >= 4 is 5.90 Å². The Balaban J connectivity index is 1.93. The van der Waals surface area contributed by atoms with Gasteiger partial charge < -0.3 is 9.84 Å². The number of aliphatic imine (C=N–C) groups is 1. The van der Waals surface area contributed by atoms with Crippen LogP contribution in [0.5, 0.6) is 0 Å². The van der Waals surface area contributed by atoms with Crippen LogP contribution >= 0.6 is 0 Å². The third-order valence-corrected chi connectivity index (χ3v) is 3.46. The molecule has 0 aromatic heterocycles. The molecule has 2 rings (SSSR count).